The number of rotatable bonds is 6. The van der Waals surface area contributed by atoms with Crippen LogP contribution in [0.1, 0.15) is 26.3 Å². The smallest absolute Gasteiger partial charge is 0.230 e. The van der Waals surface area contributed by atoms with Crippen LogP contribution < -0.4 is 5.32 Å². The Kier molecular flexibility index (Phi) is 6.19. The molecule has 0 spiro atoms. The number of nitrogens with one attached hydrogen (secondary N) is 1. The Morgan fingerprint density at radius 3 is 2.44 bits per heavy atom. The molecule has 0 aromatic heterocycles. The third-order valence-corrected chi connectivity index (χ3v) is 3.81. The van der Waals surface area contributed by atoms with Crippen LogP contribution in [0.3, 0.4) is 0 Å². The molecule has 0 bridgehead atoms. The van der Waals surface area contributed by atoms with Crippen LogP contribution in [0.5, 0.6) is 0 Å². The first kappa shape index (κ1) is 15.0. The van der Waals surface area contributed by atoms with Crippen molar-refractivity contribution in [2.24, 2.45) is 5.92 Å². The zero-order chi connectivity index (χ0) is 13.5. The van der Waals surface area contributed by atoms with Crippen molar-refractivity contribution in [3.05, 3.63) is 35.6 Å². The average Bonchev–Trinajstić information content (AvgIpc) is 2.31. The molecule has 0 saturated carbocycles. The summed E-state index contributed by atoms with van der Waals surface area (Å²) in [5, 5.41) is 2.95. The largest absolute Gasteiger partial charge is 0.353 e. The average molecular weight is 269 g/mol. The summed E-state index contributed by atoms with van der Waals surface area (Å²) in [6.45, 7) is 6.17. The van der Waals surface area contributed by atoms with Gasteiger partial charge in [0.1, 0.15) is 5.82 Å². The normalized spacial score (nSPS) is 12.5. The zero-order valence-corrected chi connectivity index (χ0v) is 11.9. The molecule has 1 aromatic carbocycles. The van der Waals surface area contributed by atoms with Crippen molar-refractivity contribution in [1.29, 1.82) is 0 Å². The van der Waals surface area contributed by atoms with Gasteiger partial charge in [-0.3, -0.25) is 4.79 Å². The number of hydrogen-bond acceptors (Lipinski definition) is 2. The minimum absolute atomic E-state index is 0.0586. The Morgan fingerprint density at radius 2 is 1.89 bits per heavy atom. The Morgan fingerprint density at radius 1 is 1.28 bits per heavy atom. The molecule has 0 aliphatic rings. The summed E-state index contributed by atoms with van der Waals surface area (Å²) in [6, 6.07) is 6.57. The number of halogens is 1. The monoisotopic (exact) mass is 269 g/mol. The van der Waals surface area contributed by atoms with Crippen LogP contribution in [0.2, 0.25) is 0 Å². The van der Waals surface area contributed by atoms with Crippen LogP contribution in [-0.4, -0.2) is 17.7 Å². The standard InChI is InChI=1S/C14H20FNOS/c1-10(2)11(3)16-14(17)9-18-8-12-4-6-13(15)7-5-12/h4-7,10-11H,8-9H2,1-3H3,(H,16,17)/t11-/m1/s1. The summed E-state index contributed by atoms with van der Waals surface area (Å²) >= 11 is 1.54. The fraction of sp³-hybridized carbons (Fsp3) is 0.500. The zero-order valence-electron chi connectivity index (χ0n) is 11.1. The quantitative estimate of drug-likeness (QED) is 0.859. The lowest BCUT2D eigenvalue weighted by atomic mass is 10.1. The predicted molar refractivity (Wildman–Crippen MR) is 75.0 cm³/mol. The highest BCUT2D eigenvalue weighted by Gasteiger charge is 2.10. The van der Waals surface area contributed by atoms with Gasteiger partial charge in [0.05, 0.1) is 5.75 Å². The molecular formula is C14H20FNOS. The molecule has 1 amide bonds. The van der Waals surface area contributed by atoms with E-state index < -0.39 is 0 Å². The summed E-state index contributed by atoms with van der Waals surface area (Å²) in [4.78, 5) is 11.6. The van der Waals surface area contributed by atoms with E-state index in [9.17, 15) is 9.18 Å². The van der Waals surface area contributed by atoms with E-state index in [1.807, 2.05) is 6.92 Å². The van der Waals surface area contributed by atoms with Gasteiger partial charge in [0.15, 0.2) is 0 Å². The van der Waals surface area contributed by atoms with Crippen LogP contribution >= 0.6 is 11.8 Å². The molecule has 100 valence electrons. The molecule has 1 aromatic rings. The highest BCUT2D eigenvalue weighted by Crippen LogP contribution is 2.12. The Labute approximate surface area is 112 Å². The van der Waals surface area contributed by atoms with E-state index in [2.05, 4.69) is 19.2 Å². The predicted octanol–water partition coefficient (Wildman–Crippen LogP) is 3.22. The Hall–Kier alpha value is -1.03. The van der Waals surface area contributed by atoms with Crippen molar-refractivity contribution in [3.8, 4) is 0 Å². The third-order valence-electron chi connectivity index (χ3n) is 2.80. The van der Waals surface area contributed by atoms with Gasteiger partial charge in [-0.15, -0.1) is 11.8 Å². The lowest BCUT2D eigenvalue weighted by Gasteiger charge is -2.17. The minimum Gasteiger partial charge on any atom is -0.353 e. The van der Waals surface area contributed by atoms with Gasteiger partial charge in [0.2, 0.25) is 5.91 Å². The Bertz CT molecular complexity index is 378. The summed E-state index contributed by atoms with van der Waals surface area (Å²) in [5.41, 5.74) is 1.03. The molecule has 4 heteroatoms. The van der Waals surface area contributed by atoms with Crippen molar-refractivity contribution in [2.45, 2.75) is 32.6 Å². The Balaban J connectivity index is 2.25. The molecule has 1 rings (SSSR count). The first-order chi connectivity index (χ1) is 8.49. The van der Waals surface area contributed by atoms with Crippen molar-refractivity contribution < 1.29 is 9.18 Å². The molecule has 0 unspecified atom stereocenters. The molecule has 0 fully saturated rings. The molecule has 0 aliphatic carbocycles. The number of thioether (sulfide) groups is 1. The molecule has 18 heavy (non-hydrogen) atoms. The van der Waals surface area contributed by atoms with Gasteiger partial charge in [-0.25, -0.2) is 4.39 Å². The summed E-state index contributed by atoms with van der Waals surface area (Å²) in [5.74, 6) is 1.43. The van der Waals surface area contributed by atoms with Crippen molar-refractivity contribution in [3.63, 3.8) is 0 Å². The van der Waals surface area contributed by atoms with Gasteiger partial charge in [-0.2, -0.15) is 0 Å². The van der Waals surface area contributed by atoms with Gasteiger partial charge in [-0.1, -0.05) is 26.0 Å². The van der Waals surface area contributed by atoms with E-state index in [0.29, 0.717) is 11.7 Å². The minimum atomic E-state index is -0.229. The van der Waals surface area contributed by atoms with E-state index in [4.69, 9.17) is 0 Å². The van der Waals surface area contributed by atoms with E-state index in [1.54, 1.807) is 12.1 Å². The first-order valence-electron chi connectivity index (χ1n) is 6.10. The van der Waals surface area contributed by atoms with E-state index in [0.717, 1.165) is 11.3 Å². The number of carbonyl (C=O) groups excluding carboxylic acids is 1. The van der Waals surface area contributed by atoms with Crippen LogP contribution in [0.15, 0.2) is 24.3 Å². The number of benzene rings is 1. The van der Waals surface area contributed by atoms with Crippen molar-refractivity contribution in [1.82, 2.24) is 5.32 Å². The molecule has 1 N–H and O–H groups in total. The van der Waals surface area contributed by atoms with Crippen LogP contribution in [0.4, 0.5) is 4.39 Å². The lowest BCUT2D eigenvalue weighted by Crippen LogP contribution is -2.37. The van der Waals surface area contributed by atoms with Gasteiger partial charge in [0.25, 0.3) is 0 Å². The summed E-state index contributed by atoms with van der Waals surface area (Å²) < 4.78 is 12.7. The fourth-order valence-corrected chi connectivity index (χ4v) is 2.10. The summed E-state index contributed by atoms with van der Waals surface area (Å²) in [7, 11) is 0. The lowest BCUT2D eigenvalue weighted by molar-refractivity contribution is -0.119. The highest BCUT2D eigenvalue weighted by molar-refractivity contribution is 7.99. The molecule has 0 radical (unpaired) electrons. The highest BCUT2D eigenvalue weighted by atomic mass is 32.2. The topological polar surface area (TPSA) is 29.1 Å². The van der Waals surface area contributed by atoms with E-state index >= 15 is 0 Å². The van der Waals surface area contributed by atoms with Crippen molar-refractivity contribution >= 4 is 17.7 Å². The fourth-order valence-electron chi connectivity index (χ4n) is 1.30. The maximum Gasteiger partial charge on any atom is 0.230 e. The molecule has 0 heterocycles. The number of hydrogen-bond donors (Lipinski definition) is 1. The SMILES string of the molecule is CC(C)[C@@H](C)NC(=O)CSCc1ccc(F)cc1. The maximum absolute atomic E-state index is 12.7. The second-order valence-corrected chi connectivity index (χ2v) is 5.71. The van der Waals surface area contributed by atoms with Crippen LogP contribution in [0.25, 0.3) is 0 Å². The molecule has 1 atom stereocenters. The van der Waals surface area contributed by atoms with E-state index in [1.165, 1.54) is 23.9 Å². The van der Waals surface area contributed by atoms with Crippen molar-refractivity contribution in [2.75, 3.05) is 5.75 Å². The molecular weight excluding hydrogens is 249 g/mol. The molecule has 0 aliphatic heterocycles. The van der Waals surface area contributed by atoms with Crippen LogP contribution in [0, 0.1) is 11.7 Å². The van der Waals surface area contributed by atoms with E-state index in [-0.39, 0.29) is 17.8 Å². The maximum atomic E-state index is 12.7. The van der Waals surface area contributed by atoms with Gasteiger partial charge in [0, 0.05) is 11.8 Å². The first-order valence-corrected chi connectivity index (χ1v) is 7.26. The molecule has 2 nitrogen and oxygen atoms in total. The second-order valence-electron chi connectivity index (χ2n) is 4.72. The number of amides is 1. The molecule has 0 saturated heterocycles. The number of carbonyl (C=O) groups is 1. The van der Waals surface area contributed by atoms with Gasteiger partial charge in [-0.05, 0) is 30.5 Å². The van der Waals surface area contributed by atoms with Crippen LogP contribution in [-0.2, 0) is 10.5 Å². The van der Waals surface area contributed by atoms with Gasteiger partial charge < -0.3 is 5.32 Å². The second kappa shape index (κ2) is 7.41. The third kappa shape index (κ3) is 5.54. The van der Waals surface area contributed by atoms with Gasteiger partial charge >= 0.3 is 0 Å². The summed E-state index contributed by atoms with van der Waals surface area (Å²) in [6.07, 6.45) is 0.